The molecule has 2 aromatic rings. The Labute approximate surface area is 150 Å². The largest absolute Gasteiger partial charge is 0.493 e. The minimum absolute atomic E-state index is 0.0624. The first kappa shape index (κ1) is 19.0. The molecule has 0 saturated heterocycles. The third-order valence-corrected chi connectivity index (χ3v) is 4.02. The quantitative estimate of drug-likeness (QED) is 0.765. The molecule has 0 aliphatic carbocycles. The highest BCUT2D eigenvalue weighted by Gasteiger charge is 2.07. The predicted molar refractivity (Wildman–Crippen MR) is 102 cm³/mol. The number of hydrogen-bond donors (Lipinski definition) is 2. The summed E-state index contributed by atoms with van der Waals surface area (Å²) in [6.45, 7) is 7.91. The summed E-state index contributed by atoms with van der Waals surface area (Å²) in [5, 5.41) is 6.13. The molecule has 2 aromatic carbocycles. The molecule has 0 spiro atoms. The minimum atomic E-state index is -0.0624. The van der Waals surface area contributed by atoms with E-state index in [9.17, 15) is 4.79 Å². The van der Waals surface area contributed by atoms with Gasteiger partial charge in [0.2, 0.25) is 0 Å². The van der Waals surface area contributed by atoms with Crippen LogP contribution in [-0.4, -0.2) is 19.6 Å². The van der Waals surface area contributed by atoms with Crippen LogP contribution in [0.1, 0.15) is 48.3 Å². The van der Waals surface area contributed by atoms with E-state index in [1.54, 1.807) is 7.05 Å². The summed E-state index contributed by atoms with van der Waals surface area (Å²) in [5.74, 6) is 1.37. The van der Waals surface area contributed by atoms with Crippen LogP contribution in [0.3, 0.4) is 0 Å². The summed E-state index contributed by atoms with van der Waals surface area (Å²) in [6.07, 6.45) is 0. The van der Waals surface area contributed by atoms with Gasteiger partial charge in [-0.1, -0.05) is 38.1 Å². The Morgan fingerprint density at radius 2 is 1.64 bits per heavy atom. The summed E-state index contributed by atoms with van der Waals surface area (Å²) in [4.78, 5) is 11.6. The zero-order valence-corrected chi connectivity index (χ0v) is 15.5. The summed E-state index contributed by atoms with van der Waals surface area (Å²) in [6, 6.07) is 16.1. The molecule has 1 amide bonds. The van der Waals surface area contributed by atoms with Crippen LogP contribution in [0, 0.1) is 5.92 Å². The molecule has 0 heterocycles. The molecule has 4 heteroatoms. The number of carbonyl (C=O) groups excluding carboxylic acids is 1. The van der Waals surface area contributed by atoms with E-state index in [0.717, 1.165) is 24.5 Å². The van der Waals surface area contributed by atoms with Gasteiger partial charge in [-0.2, -0.15) is 0 Å². The van der Waals surface area contributed by atoms with Gasteiger partial charge in [0.05, 0.1) is 6.61 Å². The van der Waals surface area contributed by atoms with Crippen molar-refractivity contribution in [1.82, 2.24) is 10.6 Å². The maximum atomic E-state index is 11.6. The number of ether oxygens (including phenoxy) is 1. The highest BCUT2D eigenvalue weighted by molar-refractivity contribution is 5.93. The maximum Gasteiger partial charge on any atom is 0.251 e. The lowest BCUT2D eigenvalue weighted by atomic mass is 10.1. The Balaban J connectivity index is 1.87. The summed E-state index contributed by atoms with van der Waals surface area (Å²) in [5.41, 5.74) is 3.05. The van der Waals surface area contributed by atoms with Crippen molar-refractivity contribution in [2.45, 2.75) is 33.4 Å². The lowest BCUT2D eigenvalue weighted by Gasteiger charge is -2.15. The number of carbonyl (C=O) groups is 1. The van der Waals surface area contributed by atoms with Crippen LogP contribution in [0.2, 0.25) is 0 Å². The first-order valence-corrected chi connectivity index (χ1v) is 8.76. The lowest BCUT2D eigenvalue weighted by molar-refractivity contribution is 0.0963. The lowest BCUT2D eigenvalue weighted by Crippen LogP contribution is -2.19. The van der Waals surface area contributed by atoms with E-state index >= 15 is 0 Å². The monoisotopic (exact) mass is 340 g/mol. The first-order valence-electron chi connectivity index (χ1n) is 8.76. The van der Waals surface area contributed by atoms with Crippen molar-refractivity contribution in [3.8, 4) is 5.75 Å². The summed E-state index contributed by atoms with van der Waals surface area (Å²) < 4.78 is 5.72. The van der Waals surface area contributed by atoms with Gasteiger partial charge in [0.1, 0.15) is 5.75 Å². The SMILES string of the molecule is CNC(=O)c1ccc(CNC(C)c2ccc(OCC(C)C)cc2)cc1. The Hall–Kier alpha value is -2.33. The van der Waals surface area contributed by atoms with Gasteiger partial charge in [-0.3, -0.25) is 4.79 Å². The Morgan fingerprint density at radius 3 is 2.20 bits per heavy atom. The maximum absolute atomic E-state index is 11.6. The molecular weight excluding hydrogens is 312 g/mol. The van der Waals surface area contributed by atoms with Gasteiger partial charge in [0.25, 0.3) is 5.91 Å². The topological polar surface area (TPSA) is 50.4 Å². The fraction of sp³-hybridized carbons (Fsp3) is 0.381. The van der Waals surface area contributed by atoms with E-state index in [-0.39, 0.29) is 11.9 Å². The third-order valence-electron chi connectivity index (χ3n) is 4.02. The molecule has 0 aliphatic rings. The Bertz CT molecular complexity index is 663. The number of hydrogen-bond acceptors (Lipinski definition) is 3. The average molecular weight is 340 g/mol. The normalized spacial score (nSPS) is 12.0. The molecule has 0 bridgehead atoms. The molecular formula is C21H28N2O2. The highest BCUT2D eigenvalue weighted by atomic mass is 16.5. The molecule has 0 aromatic heterocycles. The van der Waals surface area contributed by atoms with Gasteiger partial charge in [-0.05, 0) is 48.2 Å². The van der Waals surface area contributed by atoms with Crippen molar-refractivity contribution in [2.24, 2.45) is 5.92 Å². The molecule has 1 atom stereocenters. The molecule has 2 N–H and O–H groups in total. The van der Waals surface area contributed by atoms with E-state index in [0.29, 0.717) is 11.5 Å². The van der Waals surface area contributed by atoms with Gasteiger partial charge in [-0.15, -0.1) is 0 Å². The molecule has 0 radical (unpaired) electrons. The van der Waals surface area contributed by atoms with Gasteiger partial charge in [0, 0.05) is 25.2 Å². The van der Waals surface area contributed by atoms with Crippen molar-refractivity contribution < 1.29 is 9.53 Å². The van der Waals surface area contributed by atoms with Gasteiger partial charge in [0.15, 0.2) is 0 Å². The van der Waals surface area contributed by atoms with Crippen LogP contribution in [0.25, 0.3) is 0 Å². The fourth-order valence-electron chi connectivity index (χ4n) is 2.42. The van der Waals surface area contributed by atoms with E-state index in [1.807, 2.05) is 36.4 Å². The standard InChI is InChI=1S/C21H28N2O2/c1-15(2)14-25-20-11-9-18(10-12-20)16(3)23-13-17-5-7-19(8-6-17)21(24)22-4/h5-12,15-16,23H,13-14H2,1-4H3,(H,22,24). The van der Waals surface area contributed by atoms with Crippen LogP contribution in [0.4, 0.5) is 0 Å². The Kier molecular flexibility index (Phi) is 7.02. The predicted octanol–water partition coefficient (Wildman–Crippen LogP) is 3.93. The van der Waals surface area contributed by atoms with Crippen molar-refractivity contribution in [3.05, 3.63) is 65.2 Å². The highest BCUT2D eigenvalue weighted by Crippen LogP contribution is 2.18. The third kappa shape index (κ3) is 5.91. The number of rotatable bonds is 8. The van der Waals surface area contributed by atoms with E-state index in [1.165, 1.54) is 5.56 Å². The first-order chi connectivity index (χ1) is 12.0. The molecule has 4 nitrogen and oxygen atoms in total. The number of benzene rings is 2. The van der Waals surface area contributed by atoms with Gasteiger partial charge in [-0.25, -0.2) is 0 Å². The molecule has 1 unspecified atom stereocenters. The smallest absolute Gasteiger partial charge is 0.251 e. The fourth-order valence-corrected chi connectivity index (χ4v) is 2.42. The summed E-state index contributed by atoms with van der Waals surface area (Å²) in [7, 11) is 1.64. The Morgan fingerprint density at radius 1 is 1.00 bits per heavy atom. The number of amides is 1. The zero-order chi connectivity index (χ0) is 18.2. The average Bonchev–Trinajstić information content (AvgIpc) is 2.64. The zero-order valence-electron chi connectivity index (χ0n) is 15.5. The van der Waals surface area contributed by atoms with Gasteiger partial charge < -0.3 is 15.4 Å². The van der Waals surface area contributed by atoms with Crippen molar-refractivity contribution >= 4 is 5.91 Å². The van der Waals surface area contributed by atoms with Crippen molar-refractivity contribution in [3.63, 3.8) is 0 Å². The second-order valence-corrected chi connectivity index (χ2v) is 6.65. The molecule has 0 saturated carbocycles. The molecule has 0 aliphatic heterocycles. The van der Waals surface area contributed by atoms with E-state index in [2.05, 4.69) is 43.5 Å². The van der Waals surface area contributed by atoms with Gasteiger partial charge >= 0.3 is 0 Å². The summed E-state index contributed by atoms with van der Waals surface area (Å²) >= 11 is 0. The van der Waals surface area contributed by atoms with Crippen LogP contribution in [-0.2, 0) is 6.54 Å². The van der Waals surface area contributed by atoms with Crippen LogP contribution < -0.4 is 15.4 Å². The minimum Gasteiger partial charge on any atom is -0.493 e. The van der Waals surface area contributed by atoms with Crippen molar-refractivity contribution in [1.29, 1.82) is 0 Å². The van der Waals surface area contributed by atoms with Crippen LogP contribution in [0.5, 0.6) is 5.75 Å². The molecule has 134 valence electrons. The molecule has 25 heavy (non-hydrogen) atoms. The molecule has 0 fully saturated rings. The van der Waals surface area contributed by atoms with E-state index < -0.39 is 0 Å². The van der Waals surface area contributed by atoms with Crippen LogP contribution >= 0.6 is 0 Å². The second kappa shape index (κ2) is 9.23. The van der Waals surface area contributed by atoms with E-state index in [4.69, 9.17) is 4.74 Å². The second-order valence-electron chi connectivity index (χ2n) is 6.65. The van der Waals surface area contributed by atoms with Crippen molar-refractivity contribution in [2.75, 3.05) is 13.7 Å². The number of nitrogens with one attached hydrogen (secondary N) is 2. The van der Waals surface area contributed by atoms with Crippen LogP contribution in [0.15, 0.2) is 48.5 Å². The molecule has 2 rings (SSSR count).